The topological polar surface area (TPSA) is 92.6 Å². The number of hydrogen-bond acceptors (Lipinski definition) is 4. The maximum atomic E-state index is 10.7. The number of aliphatic carboxylic acids is 1. The van der Waals surface area contributed by atoms with E-state index >= 15 is 0 Å². The number of hydrogen-bond donors (Lipinski definition) is 3. The Morgan fingerprint density at radius 3 is 2.56 bits per heavy atom. The third-order valence-electron chi connectivity index (χ3n) is 2.30. The highest BCUT2D eigenvalue weighted by atomic mass is 16.4. The van der Waals surface area contributed by atoms with Crippen LogP contribution >= 0.6 is 0 Å². The van der Waals surface area contributed by atoms with Gasteiger partial charge in [-0.2, -0.15) is 0 Å². The van der Waals surface area contributed by atoms with Crippen LogP contribution in [-0.4, -0.2) is 41.8 Å². The Labute approximate surface area is 107 Å². The van der Waals surface area contributed by atoms with Gasteiger partial charge in [0.1, 0.15) is 0 Å². The van der Waals surface area contributed by atoms with Crippen molar-refractivity contribution in [3.05, 3.63) is 42.0 Å². The maximum absolute atomic E-state index is 10.7. The lowest BCUT2D eigenvalue weighted by molar-refractivity contribution is -0.138. The SMILES string of the molecule is NC(N)CN(CC=Cc1ccccc1)CC(=O)O. The molecule has 5 N–H and O–H groups in total. The van der Waals surface area contributed by atoms with E-state index in [0.717, 1.165) is 5.56 Å². The molecule has 1 aromatic carbocycles. The molecule has 1 rings (SSSR count). The molecule has 0 unspecified atom stereocenters. The summed E-state index contributed by atoms with van der Waals surface area (Å²) in [5, 5.41) is 8.77. The number of carboxylic acids is 1. The molecule has 0 spiro atoms. The number of nitrogens with two attached hydrogens (primary N) is 2. The van der Waals surface area contributed by atoms with E-state index in [2.05, 4.69) is 0 Å². The zero-order valence-electron chi connectivity index (χ0n) is 10.2. The molecule has 5 nitrogen and oxygen atoms in total. The molecule has 5 heteroatoms. The molecule has 0 aliphatic carbocycles. The average molecular weight is 249 g/mol. The van der Waals surface area contributed by atoms with Crippen molar-refractivity contribution in [2.24, 2.45) is 11.5 Å². The Morgan fingerprint density at radius 1 is 1.33 bits per heavy atom. The number of nitrogens with zero attached hydrogens (tertiary/aromatic N) is 1. The zero-order chi connectivity index (χ0) is 13.4. The van der Waals surface area contributed by atoms with Crippen molar-refractivity contribution in [2.45, 2.75) is 6.17 Å². The Hall–Kier alpha value is -1.69. The quantitative estimate of drug-likeness (QED) is 0.606. The summed E-state index contributed by atoms with van der Waals surface area (Å²) < 4.78 is 0. The van der Waals surface area contributed by atoms with Crippen LogP contribution in [-0.2, 0) is 4.79 Å². The first-order valence-electron chi connectivity index (χ1n) is 5.75. The molecule has 0 atom stereocenters. The van der Waals surface area contributed by atoms with Crippen LogP contribution in [0.1, 0.15) is 5.56 Å². The van der Waals surface area contributed by atoms with Gasteiger partial charge in [0.2, 0.25) is 0 Å². The Bertz CT molecular complexity index is 390. The van der Waals surface area contributed by atoms with Gasteiger partial charge in [0.25, 0.3) is 0 Å². The molecule has 0 aliphatic rings. The van der Waals surface area contributed by atoms with Gasteiger partial charge in [0.15, 0.2) is 0 Å². The van der Waals surface area contributed by atoms with E-state index in [4.69, 9.17) is 16.6 Å². The first kappa shape index (κ1) is 14.4. The molecule has 0 aliphatic heterocycles. The largest absolute Gasteiger partial charge is 0.480 e. The van der Waals surface area contributed by atoms with Crippen LogP contribution in [0.4, 0.5) is 0 Å². The third kappa shape index (κ3) is 6.15. The smallest absolute Gasteiger partial charge is 0.317 e. The van der Waals surface area contributed by atoms with Gasteiger partial charge in [0, 0.05) is 13.1 Å². The fourth-order valence-corrected chi connectivity index (χ4v) is 1.60. The van der Waals surface area contributed by atoms with Crippen LogP contribution in [0.5, 0.6) is 0 Å². The minimum absolute atomic E-state index is 0.0654. The van der Waals surface area contributed by atoms with Crippen molar-refractivity contribution in [3.63, 3.8) is 0 Å². The predicted octanol–water partition coefficient (Wildman–Crippen LogP) is 0.330. The molecular formula is C13H19N3O2. The van der Waals surface area contributed by atoms with Crippen LogP contribution in [0.25, 0.3) is 6.08 Å². The standard InChI is InChI=1S/C13H19N3O2/c14-12(15)9-16(10-13(17)18)8-4-7-11-5-2-1-3-6-11/h1-7,12H,8-10,14-15H2,(H,17,18). The van der Waals surface area contributed by atoms with Crippen molar-refractivity contribution in [1.29, 1.82) is 0 Å². The van der Waals surface area contributed by atoms with E-state index in [-0.39, 0.29) is 6.54 Å². The van der Waals surface area contributed by atoms with Crippen LogP contribution in [0.3, 0.4) is 0 Å². The second-order valence-corrected chi connectivity index (χ2v) is 4.06. The first-order valence-corrected chi connectivity index (χ1v) is 5.75. The number of carboxylic acid groups (broad SMARTS) is 1. The molecule has 0 fully saturated rings. The molecule has 0 radical (unpaired) electrons. The molecule has 0 saturated heterocycles. The van der Waals surface area contributed by atoms with Crippen LogP contribution in [0.15, 0.2) is 36.4 Å². The van der Waals surface area contributed by atoms with Crippen molar-refractivity contribution in [2.75, 3.05) is 19.6 Å². The number of carbonyl (C=O) groups is 1. The van der Waals surface area contributed by atoms with Gasteiger partial charge in [-0.05, 0) is 5.56 Å². The average Bonchev–Trinajstić information content (AvgIpc) is 2.28. The fourth-order valence-electron chi connectivity index (χ4n) is 1.60. The van der Waals surface area contributed by atoms with Crippen molar-refractivity contribution in [1.82, 2.24) is 4.90 Å². The van der Waals surface area contributed by atoms with Gasteiger partial charge in [-0.3, -0.25) is 9.69 Å². The lowest BCUT2D eigenvalue weighted by atomic mass is 10.2. The second kappa shape index (κ2) is 7.60. The summed E-state index contributed by atoms with van der Waals surface area (Å²) >= 11 is 0. The minimum atomic E-state index is -0.885. The fraction of sp³-hybridized carbons (Fsp3) is 0.308. The minimum Gasteiger partial charge on any atom is -0.480 e. The van der Waals surface area contributed by atoms with Gasteiger partial charge in [-0.1, -0.05) is 42.5 Å². The molecule has 0 saturated carbocycles. The molecule has 18 heavy (non-hydrogen) atoms. The molecule has 0 aromatic heterocycles. The van der Waals surface area contributed by atoms with E-state index < -0.39 is 12.1 Å². The van der Waals surface area contributed by atoms with E-state index in [1.165, 1.54) is 0 Å². The maximum Gasteiger partial charge on any atom is 0.317 e. The summed E-state index contributed by atoms with van der Waals surface area (Å²) in [7, 11) is 0. The summed E-state index contributed by atoms with van der Waals surface area (Å²) in [4.78, 5) is 12.4. The monoisotopic (exact) mass is 249 g/mol. The molecule has 0 amide bonds. The first-order chi connectivity index (χ1) is 8.58. The Kier molecular flexibility index (Phi) is 6.07. The van der Waals surface area contributed by atoms with Crippen molar-refractivity contribution >= 4 is 12.0 Å². The lowest BCUT2D eigenvalue weighted by Gasteiger charge is -2.20. The van der Waals surface area contributed by atoms with Crippen molar-refractivity contribution < 1.29 is 9.90 Å². The molecule has 98 valence electrons. The van der Waals surface area contributed by atoms with E-state index in [9.17, 15) is 4.79 Å². The highest BCUT2D eigenvalue weighted by Crippen LogP contribution is 2.01. The molecule has 1 aromatic rings. The van der Waals surface area contributed by atoms with E-state index in [1.54, 1.807) is 4.90 Å². The summed E-state index contributed by atoms with van der Waals surface area (Å²) in [6.07, 6.45) is 3.31. The molecule has 0 bridgehead atoms. The van der Waals surface area contributed by atoms with Gasteiger partial charge >= 0.3 is 5.97 Å². The summed E-state index contributed by atoms with van der Waals surface area (Å²) in [5.74, 6) is -0.885. The number of rotatable bonds is 7. The molecule has 0 heterocycles. The Morgan fingerprint density at radius 2 is 2.00 bits per heavy atom. The highest BCUT2D eigenvalue weighted by molar-refractivity contribution is 5.69. The van der Waals surface area contributed by atoms with Crippen LogP contribution in [0.2, 0.25) is 0 Å². The summed E-state index contributed by atoms with van der Waals surface area (Å²) in [6, 6.07) is 9.80. The van der Waals surface area contributed by atoms with Gasteiger partial charge in [-0.15, -0.1) is 0 Å². The predicted molar refractivity (Wildman–Crippen MR) is 71.7 cm³/mol. The second-order valence-electron chi connectivity index (χ2n) is 4.06. The van der Waals surface area contributed by atoms with Crippen LogP contribution < -0.4 is 11.5 Å². The summed E-state index contributed by atoms with van der Waals surface area (Å²) in [5.41, 5.74) is 12.0. The number of benzene rings is 1. The third-order valence-corrected chi connectivity index (χ3v) is 2.30. The van der Waals surface area contributed by atoms with Gasteiger partial charge in [0.05, 0.1) is 12.7 Å². The lowest BCUT2D eigenvalue weighted by Crippen LogP contribution is -2.45. The van der Waals surface area contributed by atoms with Gasteiger partial charge in [-0.25, -0.2) is 0 Å². The molecular weight excluding hydrogens is 230 g/mol. The highest BCUT2D eigenvalue weighted by Gasteiger charge is 2.09. The zero-order valence-corrected chi connectivity index (χ0v) is 10.2. The summed E-state index contributed by atoms with van der Waals surface area (Å²) in [6.45, 7) is 0.793. The Balaban J connectivity index is 2.50. The van der Waals surface area contributed by atoms with Crippen molar-refractivity contribution in [3.8, 4) is 0 Å². The van der Waals surface area contributed by atoms with Gasteiger partial charge < -0.3 is 16.6 Å². The van der Waals surface area contributed by atoms with E-state index in [1.807, 2.05) is 42.5 Å². The van der Waals surface area contributed by atoms with E-state index in [0.29, 0.717) is 13.1 Å². The van der Waals surface area contributed by atoms with Crippen LogP contribution in [0, 0.1) is 0 Å². The normalized spacial score (nSPS) is 11.6.